The minimum atomic E-state index is -4.61. The Hall–Kier alpha value is -5.38. The molecule has 270 valence electrons. The first-order valence-electron chi connectivity index (χ1n) is 16.5. The van der Waals surface area contributed by atoms with E-state index in [9.17, 15) is 32.7 Å². The Morgan fingerprint density at radius 3 is 2.50 bits per heavy atom. The second kappa shape index (κ2) is 12.7. The molecular formula is C35H33ClF3N9O4. The lowest BCUT2D eigenvalue weighted by Crippen LogP contribution is -2.46. The number of fused-ring (bicyclic) bond motifs is 3. The van der Waals surface area contributed by atoms with E-state index in [1.54, 1.807) is 28.7 Å². The highest BCUT2D eigenvalue weighted by Crippen LogP contribution is 2.50. The van der Waals surface area contributed by atoms with Gasteiger partial charge in [-0.25, -0.2) is 9.97 Å². The van der Waals surface area contributed by atoms with Crippen LogP contribution >= 0.6 is 11.6 Å². The molecule has 1 fully saturated rings. The molecule has 4 aromatic heterocycles. The number of piperidine rings is 1. The van der Waals surface area contributed by atoms with Crippen LogP contribution in [0.3, 0.4) is 0 Å². The summed E-state index contributed by atoms with van der Waals surface area (Å²) in [5.74, 6) is -1.19. The smallest absolute Gasteiger partial charge is 0.416 e. The fourth-order valence-corrected chi connectivity index (χ4v) is 7.74. The summed E-state index contributed by atoms with van der Waals surface area (Å²) in [5, 5.41) is 17.4. The highest BCUT2D eigenvalue weighted by Gasteiger charge is 2.49. The van der Waals surface area contributed by atoms with Gasteiger partial charge in [-0.1, -0.05) is 18.5 Å². The highest BCUT2D eigenvalue weighted by molar-refractivity contribution is 6.33. The van der Waals surface area contributed by atoms with Gasteiger partial charge in [0.15, 0.2) is 17.3 Å². The minimum Gasteiger partial charge on any atom is -0.504 e. The van der Waals surface area contributed by atoms with E-state index in [2.05, 4.69) is 25.4 Å². The Labute approximate surface area is 299 Å². The van der Waals surface area contributed by atoms with Crippen molar-refractivity contribution in [3.8, 4) is 17.1 Å². The van der Waals surface area contributed by atoms with Gasteiger partial charge in [0.05, 0.1) is 22.0 Å². The number of benzene rings is 1. The third-order valence-corrected chi connectivity index (χ3v) is 10.6. The molecule has 0 radical (unpaired) electrons. The summed E-state index contributed by atoms with van der Waals surface area (Å²) in [6.07, 6.45) is -0.396. The summed E-state index contributed by atoms with van der Waals surface area (Å²) in [5.41, 5.74) is 1.44. The topological polar surface area (TPSA) is 160 Å². The molecule has 52 heavy (non-hydrogen) atoms. The number of pyridine rings is 1. The Bertz CT molecular complexity index is 2350. The van der Waals surface area contributed by atoms with Crippen molar-refractivity contribution in [2.24, 2.45) is 0 Å². The van der Waals surface area contributed by atoms with E-state index in [4.69, 9.17) is 16.6 Å². The maximum Gasteiger partial charge on any atom is 0.416 e. The zero-order valence-electron chi connectivity index (χ0n) is 28.5. The van der Waals surface area contributed by atoms with Crippen LogP contribution in [0, 0.1) is 20.8 Å². The zero-order valence-corrected chi connectivity index (χ0v) is 29.3. The van der Waals surface area contributed by atoms with E-state index in [0.717, 1.165) is 29.5 Å². The van der Waals surface area contributed by atoms with Crippen LogP contribution in [0.25, 0.3) is 17.2 Å². The predicted molar refractivity (Wildman–Crippen MR) is 183 cm³/mol. The van der Waals surface area contributed by atoms with Crippen molar-refractivity contribution in [1.82, 2.24) is 39.0 Å². The average molecular weight is 736 g/mol. The Kier molecular flexibility index (Phi) is 8.55. The van der Waals surface area contributed by atoms with E-state index in [1.807, 2.05) is 20.8 Å². The maximum absolute atomic E-state index is 14.5. The standard InChI is InChI=1S/C35H33ClF3N9O4/c1-17-14-34(8-11-46(12-9-34)32(52)27-29(50)20(4)41-16-42-27)26-28(17)47(15-25(49)43-24-6-5-21(13-23(24)36)35(37,38)39)33-44-30(45-48(33)31(26)51)22-7-10-40-19(3)18(22)2/h5-7,10,13,16-17,50H,8-9,11-12,14-15H2,1-4H3,(H,43,49). The van der Waals surface area contributed by atoms with Gasteiger partial charge in [-0.3, -0.25) is 19.4 Å². The maximum atomic E-state index is 14.5. The molecule has 2 amide bonds. The number of amides is 2. The van der Waals surface area contributed by atoms with Crippen LogP contribution < -0.4 is 10.9 Å². The molecule has 1 unspecified atom stereocenters. The molecule has 0 bridgehead atoms. The number of nitrogens with one attached hydrogen (secondary N) is 1. The van der Waals surface area contributed by atoms with Gasteiger partial charge >= 0.3 is 6.18 Å². The van der Waals surface area contributed by atoms with Crippen molar-refractivity contribution in [3.05, 3.63) is 91.6 Å². The molecule has 0 saturated carbocycles. The number of anilines is 1. The van der Waals surface area contributed by atoms with Gasteiger partial charge in [-0.05, 0) is 75.8 Å². The first-order valence-corrected chi connectivity index (χ1v) is 16.9. The largest absolute Gasteiger partial charge is 0.504 e. The predicted octanol–water partition coefficient (Wildman–Crippen LogP) is 5.37. The number of alkyl halides is 3. The average Bonchev–Trinajstić information content (AvgIpc) is 3.66. The third kappa shape index (κ3) is 5.84. The van der Waals surface area contributed by atoms with Gasteiger partial charge in [0.2, 0.25) is 11.7 Å². The summed E-state index contributed by atoms with van der Waals surface area (Å²) in [6.45, 7) is 7.43. The normalized spacial score (nSPS) is 16.8. The summed E-state index contributed by atoms with van der Waals surface area (Å²) >= 11 is 6.16. The Balaban J connectivity index is 1.29. The zero-order chi connectivity index (χ0) is 37.3. The lowest BCUT2D eigenvalue weighted by atomic mass is 9.73. The van der Waals surface area contributed by atoms with Crippen LogP contribution in [0.4, 0.5) is 18.9 Å². The van der Waals surface area contributed by atoms with Gasteiger partial charge in [-0.15, -0.1) is 5.10 Å². The molecular weight excluding hydrogens is 703 g/mol. The molecule has 1 atom stereocenters. The number of carbonyl (C=O) groups is 2. The summed E-state index contributed by atoms with van der Waals surface area (Å²) < 4.78 is 42.6. The lowest BCUT2D eigenvalue weighted by Gasteiger charge is -2.39. The van der Waals surface area contributed by atoms with Crippen LogP contribution in [0.15, 0.2) is 41.6 Å². The van der Waals surface area contributed by atoms with Crippen LogP contribution in [0.1, 0.15) is 76.4 Å². The van der Waals surface area contributed by atoms with E-state index >= 15 is 0 Å². The molecule has 7 rings (SSSR count). The second-order valence-corrected chi connectivity index (χ2v) is 13.8. The third-order valence-electron chi connectivity index (χ3n) is 10.3. The quantitative estimate of drug-likeness (QED) is 0.242. The van der Waals surface area contributed by atoms with Gasteiger partial charge in [0.25, 0.3) is 11.5 Å². The number of hydrogen-bond acceptors (Lipinski definition) is 9. The van der Waals surface area contributed by atoms with Crippen LogP contribution in [-0.4, -0.2) is 69.0 Å². The molecule has 1 aliphatic heterocycles. The molecule has 1 aromatic carbocycles. The molecule has 2 aliphatic rings. The number of aromatic hydroxyl groups is 1. The lowest BCUT2D eigenvalue weighted by molar-refractivity contribution is -0.137. The monoisotopic (exact) mass is 735 g/mol. The van der Waals surface area contributed by atoms with Crippen LogP contribution in [-0.2, 0) is 22.9 Å². The molecule has 1 saturated heterocycles. The summed E-state index contributed by atoms with van der Waals surface area (Å²) in [6, 6.07) is 4.41. The van der Waals surface area contributed by atoms with E-state index in [-0.39, 0.29) is 70.6 Å². The number of rotatable bonds is 5. The van der Waals surface area contributed by atoms with Crippen molar-refractivity contribution in [2.75, 3.05) is 18.4 Å². The number of aryl methyl sites for hydroxylation is 2. The number of carbonyl (C=O) groups excluding carboxylic acids is 2. The Morgan fingerprint density at radius 1 is 1.08 bits per heavy atom. The molecule has 5 aromatic rings. The van der Waals surface area contributed by atoms with E-state index < -0.39 is 29.0 Å². The van der Waals surface area contributed by atoms with Crippen LogP contribution in [0.5, 0.6) is 5.75 Å². The molecule has 17 heteroatoms. The van der Waals surface area contributed by atoms with E-state index in [1.165, 1.54) is 10.8 Å². The summed E-state index contributed by atoms with van der Waals surface area (Å²) in [4.78, 5) is 60.2. The SMILES string of the molecule is Cc1nccc(-c2nc3n(CC(=O)Nc4ccc(C(F)(F)F)cc4Cl)c4c(c(=O)n3n2)C2(CCN(C(=O)c3ncnc(C)c3O)CC2)CC4C)c1C. The summed E-state index contributed by atoms with van der Waals surface area (Å²) in [7, 11) is 0. The molecule has 13 nitrogen and oxygen atoms in total. The first kappa shape index (κ1) is 35.0. The van der Waals surface area contributed by atoms with E-state index in [0.29, 0.717) is 36.1 Å². The van der Waals surface area contributed by atoms with Gasteiger partial charge in [-0.2, -0.15) is 22.7 Å². The highest BCUT2D eigenvalue weighted by atomic mass is 35.5. The van der Waals surface area contributed by atoms with Crippen molar-refractivity contribution in [2.45, 2.75) is 71.0 Å². The van der Waals surface area contributed by atoms with Crippen molar-refractivity contribution >= 4 is 34.9 Å². The molecule has 1 spiro atoms. The number of halogens is 4. The van der Waals surface area contributed by atoms with Gasteiger partial charge < -0.3 is 19.9 Å². The minimum absolute atomic E-state index is 0.00936. The molecule has 1 aliphatic carbocycles. The number of nitrogens with zero attached hydrogens (tertiary/aromatic N) is 8. The molecule has 5 heterocycles. The number of aromatic nitrogens is 7. The van der Waals surface area contributed by atoms with Crippen LogP contribution in [0.2, 0.25) is 5.02 Å². The van der Waals surface area contributed by atoms with Crippen molar-refractivity contribution in [1.29, 1.82) is 0 Å². The van der Waals surface area contributed by atoms with Crippen molar-refractivity contribution in [3.63, 3.8) is 0 Å². The fraction of sp³-hybridized carbons (Fsp3) is 0.371. The fourth-order valence-electron chi connectivity index (χ4n) is 7.51. The second-order valence-electron chi connectivity index (χ2n) is 13.4. The number of likely N-dealkylation sites (tertiary alicyclic amines) is 1. The van der Waals surface area contributed by atoms with Gasteiger partial charge in [0.1, 0.15) is 12.9 Å². The first-order chi connectivity index (χ1) is 24.6. The molecule has 2 N–H and O–H groups in total. The van der Waals surface area contributed by atoms with Gasteiger partial charge in [0, 0.05) is 47.2 Å². The van der Waals surface area contributed by atoms with Crippen molar-refractivity contribution < 1.29 is 27.9 Å². The Morgan fingerprint density at radius 2 is 1.81 bits per heavy atom. The number of hydrogen-bond donors (Lipinski definition) is 2.